The van der Waals surface area contributed by atoms with Crippen molar-refractivity contribution in [1.82, 2.24) is 0 Å². The van der Waals surface area contributed by atoms with Gasteiger partial charge in [0.25, 0.3) is 0 Å². The monoisotopic (exact) mass is 316 g/mol. The van der Waals surface area contributed by atoms with E-state index in [4.69, 9.17) is 16.2 Å². The van der Waals surface area contributed by atoms with Gasteiger partial charge >= 0.3 is 0 Å². The molecule has 0 atom stereocenters. The number of anilines is 2. The fourth-order valence-electron chi connectivity index (χ4n) is 2.88. The van der Waals surface area contributed by atoms with Crippen LogP contribution in [0.4, 0.5) is 11.4 Å². The van der Waals surface area contributed by atoms with Crippen LogP contribution in [-0.4, -0.2) is 10.2 Å². The van der Waals surface area contributed by atoms with Crippen LogP contribution in [0.2, 0.25) is 0 Å². The first kappa shape index (κ1) is 17.0. The number of hydrogen-bond acceptors (Lipinski definition) is 5. The summed E-state index contributed by atoms with van der Waals surface area (Å²) in [6.07, 6.45) is 0. The maximum Gasteiger partial charge on any atom is 0.116 e. The molecular weight excluding hydrogens is 292 g/mol. The third-order valence-electron chi connectivity index (χ3n) is 3.88. The second-order valence-electron chi connectivity index (χ2n) is 6.67. The Balaban J connectivity index is 2.42. The Bertz CT molecular complexity index is 663. The predicted octanol–water partition coefficient (Wildman–Crippen LogP) is 3.45. The Hall–Kier alpha value is -2.40. The molecule has 0 saturated carbocycles. The van der Waals surface area contributed by atoms with Crippen molar-refractivity contribution in [1.29, 1.82) is 0 Å². The van der Waals surface area contributed by atoms with Crippen LogP contribution in [0.15, 0.2) is 36.4 Å². The van der Waals surface area contributed by atoms with Gasteiger partial charge in [-0.1, -0.05) is 0 Å². The lowest BCUT2D eigenvalue weighted by Crippen LogP contribution is -2.34. The van der Waals surface area contributed by atoms with Crippen LogP contribution in [-0.2, 0) is 15.9 Å². The van der Waals surface area contributed by atoms with E-state index in [2.05, 4.69) is 0 Å². The molecule has 0 aliphatic rings. The van der Waals surface area contributed by atoms with Gasteiger partial charge in [-0.15, -0.1) is 0 Å². The van der Waals surface area contributed by atoms with E-state index in [1.54, 1.807) is 24.3 Å². The lowest BCUT2D eigenvalue weighted by molar-refractivity contribution is -0.131. The molecule has 0 bridgehead atoms. The first-order valence-corrected chi connectivity index (χ1v) is 7.41. The molecule has 6 N–H and O–H groups in total. The van der Waals surface area contributed by atoms with Gasteiger partial charge in [-0.3, -0.25) is 0 Å². The number of benzene rings is 2. The molecule has 124 valence electrons. The zero-order valence-corrected chi connectivity index (χ0v) is 13.9. The van der Waals surface area contributed by atoms with Crippen molar-refractivity contribution in [3.63, 3.8) is 0 Å². The standard InChI is InChI=1S/C18H24N2O3/c1-17(2,13-9-11(21)5-7-15(13)19)23-18(3,4)14-10-12(22)6-8-16(14)20/h5-10,21-22H,19-20H2,1-4H3. The Morgan fingerprint density at radius 1 is 0.739 bits per heavy atom. The molecule has 5 heteroatoms. The Morgan fingerprint density at radius 3 is 1.43 bits per heavy atom. The normalized spacial score (nSPS) is 12.3. The number of rotatable bonds is 4. The van der Waals surface area contributed by atoms with Gasteiger partial charge in [-0.05, 0) is 64.1 Å². The maximum absolute atomic E-state index is 9.73. The molecule has 0 amide bonds. The molecule has 0 aliphatic heterocycles. The van der Waals surface area contributed by atoms with E-state index in [-0.39, 0.29) is 11.5 Å². The topological polar surface area (TPSA) is 102 Å². The second-order valence-corrected chi connectivity index (χ2v) is 6.67. The average molecular weight is 316 g/mol. The fraction of sp³-hybridized carbons (Fsp3) is 0.333. The molecule has 0 spiro atoms. The zero-order chi connectivity index (χ0) is 17.4. The molecule has 0 unspecified atom stereocenters. The Morgan fingerprint density at radius 2 is 1.09 bits per heavy atom. The number of phenolic OH excluding ortho intramolecular Hbond substituents is 2. The van der Waals surface area contributed by atoms with Gasteiger partial charge in [0.15, 0.2) is 0 Å². The Kier molecular flexibility index (Phi) is 4.18. The highest BCUT2D eigenvalue weighted by atomic mass is 16.5. The predicted molar refractivity (Wildman–Crippen MR) is 92.2 cm³/mol. The van der Waals surface area contributed by atoms with Gasteiger partial charge in [-0.25, -0.2) is 0 Å². The number of phenols is 2. The van der Waals surface area contributed by atoms with Crippen molar-refractivity contribution >= 4 is 11.4 Å². The number of nitrogens with two attached hydrogens (primary N) is 2. The van der Waals surface area contributed by atoms with Crippen LogP contribution in [0, 0.1) is 0 Å². The van der Waals surface area contributed by atoms with Crippen molar-refractivity contribution in [2.24, 2.45) is 0 Å². The van der Waals surface area contributed by atoms with Crippen LogP contribution in [0.1, 0.15) is 38.8 Å². The highest BCUT2D eigenvalue weighted by Crippen LogP contribution is 2.41. The van der Waals surface area contributed by atoms with Gasteiger partial charge < -0.3 is 26.4 Å². The van der Waals surface area contributed by atoms with E-state index in [0.29, 0.717) is 22.5 Å². The molecule has 23 heavy (non-hydrogen) atoms. The largest absolute Gasteiger partial charge is 0.508 e. The van der Waals surface area contributed by atoms with E-state index in [0.717, 1.165) is 0 Å². The van der Waals surface area contributed by atoms with Gasteiger partial charge in [-0.2, -0.15) is 0 Å². The van der Waals surface area contributed by atoms with Gasteiger partial charge in [0, 0.05) is 22.5 Å². The summed E-state index contributed by atoms with van der Waals surface area (Å²) in [5, 5.41) is 19.5. The van der Waals surface area contributed by atoms with Gasteiger partial charge in [0.2, 0.25) is 0 Å². The first-order valence-electron chi connectivity index (χ1n) is 7.41. The maximum atomic E-state index is 9.73. The number of hydrogen-bond donors (Lipinski definition) is 4. The quantitative estimate of drug-likeness (QED) is 0.511. The third-order valence-corrected chi connectivity index (χ3v) is 3.88. The Labute approximate surface area is 136 Å². The fourth-order valence-corrected chi connectivity index (χ4v) is 2.88. The van der Waals surface area contributed by atoms with Crippen molar-refractivity contribution in [2.45, 2.75) is 38.9 Å². The summed E-state index contributed by atoms with van der Waals surface area (Å²) in [7, 11) is 0. The van der Waals surface area contributed by atoms with E-state index < -0.39 is 11.2 Å². The lowest BCUT2D eigenvalue weighted by Gasteiger charge is -2.38. The van der Waals surface area contributed by atoms with Crippen molar-refractivity contribution in [3.05, 3.63) is 47.5 Å². The molecule has 2 rings (SSSR count). The van der Waals surface area contributed by atoms with E-state index in [9.17, 15) is 10.2 Å². The zero-order valence-electron chi connectivity index (χ0n) is 13.9. The summed E-state index contributed by atoms with van der Waals surface area (Å²) in [4.78, 5) is 0. The lowest BCUT2D eigenvalue weighted by atomic mass is 9.91. The highest BCUT2D eigenvalue weighted by molar-refractivity contribution is 5.54. The SMILES string of the molecule is CC(C)(OC(C)(C)c1cc(O)ccc1N)c1cc(O)ccc1N. The van der Waals surface area contributed by atoms with E-state index >= 15 is 0 Å². The average Bonchev–Trinajstić information content (AvgIpc) is 2.42. The molecule has 2 aromatic carbocycles. The number of ether oxygens (including phenoxy) is 1. The number of nitrogen functional groups attached to an aromatic ring is 2. The van der Waals surface area contributed by atoms with Crippen molar-refractivity contribution in [3.8, 4) is 11.5 Å². The minimum atomic E-state index is -0.774. The van der Waals surface area contributed by atoms with Crippen LogP contribution in [0.3, 0.4) is 0 Å². The van der Waals surface area contributed by atoms with Crippen molar-refractivity contribution in [2.75, 3.05) is 11.5 Å². The molecule has 0 aliphatic carbocycles. The van der Waals surface area contributed by atoms with Crippen LogP contribution >= 0.6 is 0 Å². The molecule has 0 heterocycles. The van der Waals surface area contributed by atoms with Crippen LogP contribution < -0.4 is 11.5 Å². The molecule has 0 fully saturated rings. The summed E-state index contributed by atoms with van der Waals surface area (Å²) < 4.78 is 6.29. The molecule has 2 aromatic rings. The first-order chi connectivity index (χ1) is 10.5. The smallest absolute Gasteiger partial charge is 0.116 e. The molecule has 0 radical (unpaired) electrons. The van der Waals surface area contributed by atoms with Gasteiger partial charge in [0.1, 0.15) is 11.5 Å². The van der Waals surface area contributed by atoms with E-state index in [1.165, 1.54) is 12.1 Å². The summed E-state index contributed by atoms with van der Waals surface area (Å²) in [5.74, 6) is 0.251. The minimum Gasteiger partial charge on any atom is -0.508 e. The molecule has 5 nitrogen and oxygen atoms in total. The third kappa shape index (κ3) is 3.51. The summed E-state index contributed by atoms with van der Waals surface area (Å²) >= 11 is 0. The summed E-state index contributed by atoms with van der Waals surface area (Å²) in [6.45, 7) is 7.50. The number of aromatic hydroxyl groups is 2. The highest BCUT2D eigenvalue weighted by Gasteiger charge is 2.34. The van der Waals surface area contributed by atoms with Crippen LogP contribution in [0.5, 0.6) is 11.5 Å². The van der Waals surface area contributed by atoms with E-state index in [1.807, 2.05) is 27.7 Å². The van der Waals surface area contributed by atoms with Gasteiger partial charge in [0.05, 0.1) is 11.2 Å². The summed E-state index contributed by atoms with van der Waals surface area (Å²) in [5.41, 5.74) is 13.0. The molecule has 0 saturated heterocycles. The van der Waals surface area contributed by atoms with Crippen LogP contribution in [0.25, 0.3) is 0 Å². The minimum absolute atomic E-state index is 0.126. The summed E-state index contributed by atoms with van der Waals surface area (Å²) in [6, 6.07) is 9.55. The van der Waals surface area contributed by atoms with Crippen molar-refractivity contribution < 1.29 is 14.9 Å². The molecular formula is C18H24N2O3. The second kappa shape index (κ2) is 5.66. The molecule has 0 aromatic heterocycles.